The molecule has 0 radical (unpaired) electrons. The Morgan fingerprint density at radius 2 is 1.35 bits per heavy atom. The van der Waals surface area contributed by atoms with Gasteiger partial charge in [-0.1, -0.05) is 36.4 Å². The molecule has 0 saturated carbocycles. The van der Waals surface area contributed by atoms with Crippen molar-refractivity contribution in [1.82, 2.24) is 4.98 Å². The van der Waals surface area contributed by atoms with Gasteiger partial charge in [0.1, 0.15) is 11.5 Å². The zero-order chi connectivity index (χ0) is 23.8. The summed E-state index contributed by atoms with van der Waals surface area (Å²) in [6.07, 6.45) is 0. The van der Waals surface area contributed by atoms with Crippen LogP contribution in [0.2, 0.25) is 0 Å². The number of rotatable bonds is 6. The van der Waals surface area contributed by atoms with Crippen molar-refractivity contribution in [2.75, 3.05) is 13.2 Å². The molecule has 0 aliphatic carbocycles. The Hall–Kier alpha value is -4.19. The highest BCUT2D eigenvalue weighted by molar-refractivity contribution is 6.24. The average Bonchev–Trinajstić information content (AvgIpc) is 2.84. The Morgan fingerprint density at radius 1 is 0.765 bits per heavy atom. The fourth-order valence-electron chi connectivity index (χ4n) is 4.37. The molecule has 34 heavy (non-hydrogen) atoms. The van der Waals surface area contributed by atoms with Gasteiger partial charge in [-0.05, 0) is 60.0 Å². The second-order valence-corrected chi connectivity index (χ2v) is 7.99. The molecule has 4 aromatic carbocycles. The van der Waals surface area contributed by atoms with Crippen molar-refractivity contribution in [3.63, 3.8) is 0 Å². The van der Waals surface area contributed by atoms with Crippen LogP contribution in [0.3, 0.4) is 0 Å². The van der Waals surface area contributed by atoms with Crippen molar-refractivity contribution in [3.05, 3.63) is 77.6 Å². The standard InChI is InChI=1S/C28H23NO5/c1-4-32-27(30)22-14-20(15-23(29-22)28(31)33-5-2)34-26-16(3)13-19-10-9-17-7-6-8-18-11-12-21(26)25(19)24(17)18/h6-15H,4-5H2,1-3H3. The van der Waals surface area contributed by atoms with Crippen LogP contribution < -0.4 is 4.74 Å². The van der Waals surface area contributed by atoms with E-state index in [1.165, 1.54) is 17.5 Å². The van der Waals surface area contributed by atoms with E-state index in [-0.39, 0.29) is 24.6 Å². The van der Waals surface area contributed by atoms with Crippen LogP contribution in [-0.2, 0) is 9.47 Å². The molecule has 0 saturated heterocycles. The van der Waals surface area contributed by atoms with Crippen molar-refractivity contribution >= 4 is 44.3 Å². The number of aromatic nitrogens is 1. The fraction of sp³-hybridized carbons (Fsp3) is 0.179. The van der Waals surface area contributed by atoms with E-state index in [9.17, 15) is 9.59 Å². The number of carbonyl (C=O) groups is 2. The summed E-state index contributed by atoms with van der Waals surface area (Å²) in [5.41, 5.74) is 0.897. The number of hydrogen-bond acceptors (Lipinski definition) is 6. The monoisotopic (exact) mass is 453 g/mol. The largest absolute Gasteiger partial charge is 0.461 e. The van der Waals surface area contributed by atoms with E-state index in [1.54, 1.807) is 13.8 Å². The van der Waals surface area contributed by atoms with Crippen molar-refractivity contribution in [3.8, 4) is 11.5 Å². The summed E-state index contributed by atoms with van der Waals surface area (Å²) in [5.74, 6) is -0.308. The molecule has 0 atom stereocenters. The SMILES string of the molecule is CCOC(=O)c1cc(Oc2c(C)cc3ccc4cccc5ccc2c3c45)cc(C(=O)OCC)n1. The number of pyridine rings is 1. The van der Waals surface area contributed by atoms with E-state index in [0.29, 0.717) is 11.5 Å². The molecule has 6 nitrogen and oxygen atoms in total. The summed E-state index contributed by atoms with van der Waals surface area (Å²) in [6, 6.07) is 19.7. The van der Waals surface area contributed by atoms with Gasteiger partial charge in [-0.15, -0.1) is 0 Å². The lowest BCUT2D eigenvalue weighted by Crippen LogP contribution is -2.13. The van der Waals surface area contributed by atoms with E-state index < -0.39 is 11.9 Å². The van der Waals surface area contributed by atoms with Gasteiger partial charge in [0, 0.05) is 22.9 Å². The summed E-state index contributed by atoms with van der Waals surface area (Å²) < 4.78 is 16.5. The summed E-state index contributed by atoms with van der Waals surface area (Å²) in [4.78, 5) is 28.9. The first-order valence-corrected chi connectivity index (χ1v) is 11.2. The zero-order valence-corrected chi connectivity index (χ0v) is 19.2. The van der Waals surface area contributed by atoms with Crippen LogP contribution in [0.1, 0.15) is 40.4 Å². The van der Waals surface area contributed by atoms with Crippen molar-refractivity contribution < 1.29 is 23.8 Å². The normalized spacial score (nSPS) is 11.3. The average molecular weight is 453 g/mol. The van der Waals surface area contributed by atoms with Crippen molar-refractivity contribution in [1.29, 1.82) is 0 Å². The summed E-state index contributed by atoms with van der Waals surface area (Å²) >= 11 is 0. The molecule has 0 N–H and O–H groups in total. The number of carbonyl (C=O) groups excluding carboxylic acids is 2. The Kier molecular flexibility index (Phi) is 5.49. The topological polar surface area (TPSA) is 74.7 Å². The highest BCUT2D eigenvalue weighted by atomic mass is 16.5. The van der Waals surface area contributed by atoms with E-state index >= 15 is 0 Å². The molecule has 0 aliphatic rings. The molecule has 170 valence electrons. The molecule has 0 amide bonds. The van der Waals surface area contributed by atoms with Crippen LogP contribution in [0.15, 0.2) is 60.7 Å². The Bertz CT molecular complexity index is 1500. The molecule has 0 bridgehead atoms. The first-order chi connectivity index (χ1) is 16.5. The molecule has 5 rings (SSSR count). The van der Waals surface area contributed by atoms with E-state index in [1.807, 2.05) is 13.0 Å². The quantitative estimate of drug-likeness (QED) is 0.218. The van der Waals surface area contributed by atoms with E-state index in [4.69, 9.17) is 14.2 Å². The van der Waals surface area contributed by atoms with Gasteiger partial charge in [0.25, 0.3) is 0 Å². The van der Waals surface area contributed by atoms with Gasteiger partial charge in [0.05, 0.1) is 13.2 Å². The predicted octanol–water partition coefficient (Wildman–Crippen LogP) is 6.43. The third-order valence-corrected chi connectivity index (χ3v) is 5.77. The lowest BCUT2D eigenvalue weighted by atomic mass is 9.92. The number of hydrogen-bond donors (Lipinski definition) is 0. The van der Waals surface area contributed by atoms with Gasteiger partial charge in [-0.25, -0.2) is 14.6 Å². The Morgan fingerprint density at radius 3 is 1.97 bits per heavy atom. The van der Waals surface area contributed by atoms with Gasteiger partial charge in [0.2, 0.25) is 0 Å². The van der Waals surface area contributed by atoms with Gasteiger partial charge < -0.3 is 14.2 Å². The lowest BCUT2D eigenvalue weighted by molar-refractivity contribution is 0.0510. The molecular formula is C28H23NO5. The number of nitrogens with zero attached hydrogens (tertiary/aromatic N) is 1. The van der Waals surface area contributed by atoms with E-state index in [2.05, 4.69) is 47.4 Å². The van der Waals surface area contributed by atoms with Crippen LogP contribution in [0.25, 0.3) is 32.3 Å². The Labute approximate surface area is 196 Å². The molecular weight excluding hydrogens is 430 g/mol. The summed E-state index contributed by atoms with van der Waals surface area (Å²) in [6.45, 7) is 5.77. The van der Waals surface area contributed by atoms with Crippen molar-refractivity contribution in [2.45, 2.75) is 20.8 Å². The lowest BCUT2D eigenvalue weighted by Gasteiger charge is -2.17. The van der Waals surface area contributed by atoms with Gasteiger partial charge in [0.15, 0.2) is 11.4 Å². The molecule has 0 unspecified atom stereocenters. The molecule has 1 heterocycles. The zero-order valence-electron chi connectivity index (χ0n) is 19.2. The van der Waals surface area contributed by atoms with Gasteiger partial charge in [-0.3, -0.25) is 0 Å². The maximum atomic E-state index is 12.4. The number of benzene rings is 4. The molecule has 1 aromatic heterocycles. The number of esters is 2. The molecule has 6 heteroatoms. The van der Waals surface area contributed by atoms with Crippen LogP contribution in [-0.4, -0.2) is 30.1 Å². The minimum Gasteiger partial charge on any atom is -0.461 e. The third-order valence-electron chi connectivity index (χ3n) is 5.77. The highest BCUT2D eigenvalue weighted by Crippen LogP contribution is 2.42. The minimum atomic E-state index is -0.634. The van der Waals surface area contributed by atoms with Gasteiger partial charge >= 0.3 is 11.9 Å². The fourth-order valence-corrected chi connectivity index (χ4v) is 4.37. The molecule has 0 spiro atoms. The number of aryl methyl sites for hydroxylation is 1. The van der Waals surface area contributed by atoms with Crippen LogP contribution in [0, 0.1) is 6.92 Å². The second-order valence-electron chi connectivity index (χ2n) is 7.99. The van der Waals surface area contributed by atoms with Crippen molar-refractivity contribution in [2.24, 2.45) is 0 Å². The van der Waals surface area contributed by atoms with Gasteiger partial charge in [-0.2, -0.15) is 0 Å². The third kappa shape index (κ3) is 3.67. The summed E-state index contributed by atoms with van der Waals surface area (Å²) in [5, 5.41) is 6.68. The predicted molar refractivity (Wildman–Crippen MR) is 131 cm³/mol. The smallest absolute Gasteiger partial charge is 0.357 e. The molecule has 0 fully saturated rings. The molecule has 5 aromatic rings. The van der Waals surface area contributed by atoms with Crippen LogP contribution in [0.4, 0.5) is 0 Å². The first-order valence-electron chi connectivity index (χ1n) is 11.2. The number of ether oxygens (including phenoxy) is 3. The summed E-state index contributed by atoms with van der Waals surface area (Å²) in [7, 11) is 0. The minimum absolute atomic E-state index is 0.0160. The van der Waals surface area contributed by atoms with Crippen LogP contribution >= 0.6 is 0 Å². The van der Waals surface area contributed by atoms with E-state index in [0.717, 1.165) is 32.5 Å². The second kappa shape index (κ2) is 8.63. The maximum Gasteiger partial charge on any atom is 0.357 e. The highest BCUT2D eigenvalue weighted by Gasteiger charge is 2.20. The maximum absolute atomic E-state index is 12.4. The Balaban J connectivity index is 1.68. The van der Waals surface area contributed by atoms with Crippen LogP contribution in [0.5, 0.6) is 11.5 Å². The molecule has 0 aliphatic heterocycles. The first kappa shape index (κ1) is 21.6.